The number of phenolic OH excluding ortho intramolecular Hbond substituents is 1. The zero-order chi connectivity index (χ0) is 22.1. The minimum Gasteiger partial charge on any atom is -0.507 e. The highest BCUT2D eigenvalue weighted by atomic mass is 19.1. The summed E-state index contributed by atoms with van der Waals surface area (Å²) in [5, 5.41) is 17.3. The molecule has 0 spiro atoms. The lowest BCUT2D eigenvalue weighted by Gasteiger charge is -2.09. The molecule has 1 amide bonds. The van der Waals surface area contributed by atoms with Gasteiger partial charge >= 0.3 is 0 Å². The number of aryl methyl sites for hydroxylation is 3. The Bertz CT molecular complexity index is 1170. The van der Waals surface area contributed by atoms with E-state index >= 15 is 0 Å². The molecule has 0 aliphatic carbocycles. The van der Waals surface area contributed by atoms with E-state index in [1.54, 1.807) is 48.9 Å². The van der Waals surface area contributed by atoms with Gasteiger partial charge in [-0.15, -0.1) is 0 Å². The zero-order valence-electron chi connectivity index (χ0n) is 17.5. The molecule has 31 heavy (non-hydrogen) atoms. The highest BCUT2D eigenvalue weighted by Crippen LogP contribution is 2.27. The number of nitrogens with one attached hydrogen (secondary N) is 1. The first-order valence-corrected chi connectivity index (χ1v) is 9.86. The molecule has 4 aromatic rings. The Morgan fingerprint density at radius 3 is 2.16 bits per heavy atom. The van der Waals surface area contributed by atoms with E-state index in [4.69, 9.17) is 0 Å². The van der Waals surface area contributed by atoms with Crippen LogP contribution in [0.15, 0.2) is 66.7 Å². The molecule has 0 saturated carbocycles. The maximum Gasteiger partial charge on any atom is 0.276 e. The molecule has 0 aliphatic heterocycles. The molecule has 0 atom stereocenters. The number of hydrogen-bond acceptors (Lipinski definition) is 3. The summed E-state index contributed by atoms with van der Waals surface area (Å²) in [5.41, 5.74) is 5.52. The van der Waals surface area contributed by atoms with Crippen LogP contribution in [0.25, 0.3) is 16.9 Å². The van der Waals surface area contributed by atoms with Crippen LogP contribution in [0.3, 0.4) is 0 Å². The second-order valence-corrected chi connectivity index (χ2v) is 7.58. The fourth-order valence-electron chi connectivity index (χ4n) is 3.42. The first kappa shape index (κ1) is 20.3. The van der Waals surface area contributed by atoms with Crippen LogP contribution >= 0.6 is 0 Å². The maximum atomic E-state index is 13.4. The van der Waals surface area contributed by atoms with Gasteiger partial charge in [0.2, 0.25) is 0 Å². The number of amides is 1. The third kappa shape index (κ3) is 4.19. The molecule has 5 nitrogen and oxygen atoms in total. The number of carbonyl (C=O) groups is 1. The fourth-order valence-corrected chi connectivity index (χ4v) is 3.42. The van der Waals surface area contributed by atoms with E-state index in [1.807, 2.05) is 31.2 Å². The summed E-state index contributed by atoms with van der Waals surface area (Å²) < 4.78 is 15.1. The summed E-state index contributed by atoms with van der Waals surface area (Å²) in [6, 6.07) is 19.0. The lowest BCUT2D eigenvalue weighted by atomic mass is 10.1. The fraction of sp³-hybridized carbons (Fsp3) is 0.120. The molecule has 6 heteroatoms. The van der Waals surface area contributed by atoms with Crippen molar-refractivity contribution in [2.75, 3.05) is 5.32 Å². The Balaban J connectivity index is 1.74. The van der Waals surface area contributed by atoms with Gasteiger partial charge in [0, 0.05) is 11.3 Å². The number of rotatable bonds is 4. The van der Waals surface area contributed by atoms with Gasteiger partial charge in [-0.1, -0.05) is 29.8 Å². The molecule has 0 aliphatic rings. The summed E-state index contributed by atoms with van der Waals surface area (Å²) in [5.74, 6) is -0.511. The number of aromatic nitrogens is 2. The van der Waals surface area contributed by atoms with E-state index in [0.29, 0.717) is 22.5 Å². The maximum absolute atomic E-state index is 13.4. The number of anilines is 1. The van der Waals surface area contributed by atoms with Gasteiger partial charge in [-0.05, 0) is 74.4 Å². The third-order valence-corrected chi connectivity index (χ3v) is 5.11. The van der Waals surface area contributed by atoms with Gasteiger partial charge in [0.25, 0.3) is 5.91 Å². The lowest BCUT2D eigenvalue weighted by Crippen LogP contribution is -2.13. The predicted molar refractivity (Wildman–Crippen MR) is 119 cm³/mol. The Labute approximate surface area is 179 Å². The molecule has 1 heterocycles. The van der Waals surface area contributed by atoms with Gasteiger partial charge in [0.15, 0.2) is 5.69 Å². The van der Waals surface area contributed by atoms with Crippen molar-refractivity contribution in [2.24, 2.45) is 0 Å². The van der Waals surface area contributed by atoms with Gasteiger partial charge in [0.1, 0.15) is 11.6 Å². The van der Waals surface area contributed by atoms with Gasteiger partial charge < -0.3 is 10.4 Å². The van der Waals surface area contributed by atoms with Crippen molar-refractivity contribution in [2.45, 2.75) is 20.8 Å². The molecule has 0 unspecified atom stereocenters. The highest BCUT2D eigenvalue weighted by molar-refractivity contribution is 6.03. The Morgan fingerprint density at radius 1 is 0.935 bits per heavy atom. The van der Waals surface area contributed by atoms with Gasteiger partial charge in [-0.2, -0.15) is 5.10 Å². The molecular weight excluding hydrogens is 393 g/mol. The summed E-state index contributed by atoms with van der Waals surface area (Å²) in [6.07, 6.45) is 0. The van der Waals surface area contributed by atoms with Crippen LogP contribution in [-0.2, 0) is 0 Å². The summed E-state index contributed by atoms with van der Waals surface area (Å²) in [7, 11) is 0. The lowest BCUT2D eigenvalue weighted by molar-refractivity contribution is 0.102. The number of phenols is 1. The van der Waals surface area contributed by atoms with Crippen LogP contribution in [0.4, 0.5) is 10.1 Å². The Morgan fingerprint density at radius 2 is 1.55 bits per heavy atom. The molecule has 2 N–H and O–H groups in total. The van der Waals surface area contributed by atoms with Crippen LogP contribution in [0, 0.1) is 26.6 Å². The molecule has 156 valence electrons. The SMILES string of the molecule is Cc1ccc(-c2cc(C(=O)Nc3cc(C)c(O)c(C)c3)nn2-c2ccc(F)cc2)cc1. The van der Waals surface area contributed by atoms with Crippen molar-refractivity contribution in [1.29, 1.82) is 0 Å². The molecule has 1 aromatic heterocycles. The summed E-state index contributed by atoms with van der Waals surface area (Å²) in [6.45, 7) is 5.55. The second-order valence-electron chi connectivity index (χ2n) is 7.58. The summed E-state index contributed by atoms with van der Waals surface area (Å²) in [4.78, 5) is 12.9. The topological polar surface area (TPSA) is 67.2 Å². The van der Waals surface area contributed by atoms with Crippen molar-refractivity contribution in [1.82, 2.24) is 9.78 Å². The van der Waals surface area contributed by atoms with Crippen molar-refractivity contribution < 1.29 is 14.3 Å². The van der Waals surface area contributed by atoms with Crippen molar-refractivity contribution >= 4 is 11.6 Å². The average molecular weight is 415 g/mol. The monoisotopic (exact) mass is 415 g/mol. The quantitative estimate of drug-likeness (QED) is 0.429. The molecule has 4 rings (SSSR count). The molecule has 0 radical (unpaired) electrons. The Kier molecular flexibility index (Phi) is 5.29. The smallest absolute Gasteiger partial charge is 0.276 e. The van der Waals surface area contributed by atoms with Gasteiger partial charge in [-0.3, -0.25) is 4.79 Å². The number of aromatic hydroxyl groups is 1. The van der Waals surface area contributed by atoms with E-state index in [-0.39, 0.29) is 23.2 Å². The first-order chi connectivity index (χ1) is 14.8. The third-order valence-electron chi connectivity index (χ3n) is 5.11. The summed E-state index contributed by atoms with van der Waals surface area (Å²) >= 11 is 0. The number of benzene rings is 3. The van der Waals surface area contributed by atoms with Crippen LogP contribution in [0.2, 0.25) is 0 Å². The highest BCUT2D eigenvalue weighted by Gasteiger charge is 2.18. The zero-order valence-corrected chi connectivity index (χ0v) is 17.5. The van der Waals surface area contributed by atoms with E-state index < -0.39 is 0 Å². The average Bonchev–Trinajstić information content (AvgIpc) is 3.18. The molecular formula is C25H22FN3O2. The van der Waals surface area contributed by atoms with Crippen LogP contribution in [0.1, 0.15) is 27.2 Å². The first-order valence-electron chi connectivity index (χ1n) is 9.86. The van der Waals surface area contributed by atoms with E-state index in [2.05, 4.69) is 10.4 Å². The van der Waals surface area contributed by atoms with Crippen molar-refractivity contribution in [3.63, 3.8) is 0 Å². The molecule has 0 fully saturated rings. The van der Waals surface area contributed by atoms with Crippen molar-refractivity contribution in [3.8, 4) is 22.7 Å². The molecule has 0 bridgehead atoms. The van der Waals surface area contributed by atoms with Gasteiger partial charge in [-0.25, -0.2) is 9.07 Å². The van der Waals surface area contributed by atoms with E-state index in [0.717, 1.165) is 16.8 Å². The normalized spacial score (nSPS) is 10.8. The minimum atomic E-state index is -0.376. The van der Waals surface area contributed by atoms with Crippen molar-refractivity contribution in [3.05, 3.63) is 94.9 Å². The molecule has 3 aromatic carbocycles. The second kappa shape index (κ2) is 8.07. The largest absolute Gasteiger partial charge is 0.507 e. The van der Waals surface area contributed by atoms with Crippen LogP contribution in [0.5, 0.6) is 5.75 Å². The number of carbonyl (C=O) groups excluding carboxylic acids is 1. The Hall–Kier alpha value is -3.93. The van der Waals surface area contributed by atoms with E-state index in [9.17, 15) is 14.3 Å². The van der Waals surface area contributed by atoms with E-state index in [1.165, 1.54) is 12.1 Å². The minimum absolute atomic E-state index is 0.209. The standard InChI is InChI=1S/C25H22FN3O2/c1-15-4-6-18(7-5-15)23-14-22(28-29(23)21-10-8-19(26)9-11-21)25(31)27-20-12-16(2)24(30)17(3)13-20/h4-14,30H,1-3H3,(H,27,31). The van der Waals surface area contributed by atoms with Crippen LogP contribution < -0.4 is 5.32 Å². The number of halogens is 1. The number of nitrogens with zero attached hydrogens (tertiary/aromatic N) is 2. The molecule has 0 saturated heterocycles. The number of hydrogen-bond donors (Lipinski definition) is 2. The van der Waals surface area contributed by atoms with Crippen LogP contribution in [-0.4, -0.2) is 20.8 Å². The predicted octanol–water partition coefficient (Wildman–Crippen LogP) is 5.56. The van der Waals surface area contributed by atoms with Gasteiger partial charge in [0.05, 0.1) is 11.4 Å².